The van der Waals surface area contributed by atoms with Crippen molar-refractivity contribution in [1.29, 1.82) is 0 Å². The zero-order chi connectivity index (χ0) is 19.7. The summed E-state index contributed by atoms with van der Waals surface area (Å²) in [6.45, 7) is 1.48. The minimum absolute atomic E-state index is 0.107. The minimum atomic E-state index is -3.70. The van der Waals surface area contributed by atoms with Crippen molar-refractivity contribution in [2.24, 2.45) is 0 Å². The van der Waals surface area contributed by atoms with Gasteiger partial charge in [0.2, 0.25) is 0 Å². The van der Waals surface area contributed by atoms with Gasteiger partial charge in [0.15, 0.2) is 19.7 Å². The summed E-state index contributed by atoms with van der Waals surface area (Å²) in [6.07, 6.45) is 4.94. The third kappa shape index (κ3) is 4.91. The second kappa shape index (κ2) is 8.19. The Morgan fingerprint density at radius 1 is 1.11 bits per heavy atom. The molecule has 1 aromatic carbocycles. The zero-order valence-electron chi connectivity index (χ0n) is 16.1. The second-order valence-electron chi connectivity index (χ2n) is 8.02. The van der Waals surface area contributed by atoms with E-state index >= 15 is 0 Å². The topological polar surface area (TPSA) is 83.6 Å². The molecule has 1 saturated heterocycles. The molecule has 1 N–H and O–H groups in total. The normalized spacial score (nSPS) is 24.9. The van der Waals surface area contributed by atoms with E-state index in [2.05, 4.69) is 10.2 Å². The number of fused-ring (bicyclic) bond motifs is 1. The molecule has 1 fully saturated rings. The number of sulfone groups is 2. The molecule has 0 bridgehead atoms. The number of benzene rings is 1. The Morgan fingerprint density at radius 2 is 1.81 bits per heavy atom. The van der Waals surface area contributed by atoms with Gasteiger partial charge >= 0.3 is 0 Å². The van der Waals surface area contributed by atoms with Gasteiger partial charge in [-0.1, -0.05) is 6.07 Å². The van der Waals surface area contributed by atoms with Gasteiger partial charge in [0, 0.05) is 6.04 Å². The van der Waals surface area contributed by atoms with Gasteiger partial charge in [0.05, 0.1) is 21.7 Å². The van der Waals surface area contributed by atoms with Gasteiger partial charge in [-0.05, 0) is 82.5 Å². The number of hydrogen-bond donors (Lipinski definition) is 1. The Hall–Kier alpha value is -0.960. The molecule has 0 spiro atoms. The van der Waals surface area contributed by atoms with Gasteiger partial charge < -0.3 is 10.2 Å². The van der Waals surface area contributed by atoms with Crippen molar-refractivity contribution in [3.63, 3.8) is 0 Å². The standard InChI is InChI=1S/C19H30N2O4S2/c1-21(2)11-5-10-20-18-13-26(22,23)14-19(18)27(24,25)17-9-8-15-6-3-4-7-16(15)12-17/h8-9,12,18-20H,3-7,10-11,13-14H2,1-2H3/t18-,19-/m0/s1. The van der Waals surface area contributed by atoms with Gasteiger partial charge in [0.25, 0.3) is 0 Å². The van der Waals surface area contributed by atoms with Crippen molar-refractivity contribution in [3.8, 4) is 0 Å². The number of nitrogens with one attached hydrogen (secondary N) is 1. The highest BCUT2D eigenvalue weighted by Crippen LogP contribution is 2.29. The summed E-state index contributed by atoms with van der Waals surface area (Å²) in [7, 11) is -3.11. The molecule has 3 rings (SSSR count). The third-order valence-corrected chi connectivity index (χ3v) is 9.68. The fourth-order valence-electron chi connectivity index (χ4n) is 4.06. The predicted molar refractivity (Wildman–Crippen MR) is 108 cm³/mol. The molecule has 1 aliphatic carbocycles. The lowest BCUT2D eigenvalue weighted by Crippen LogP contribution is -2.44. The molecule has 0 unspecified atom stereocenters. The summed E-state index contributed by atoms with van der Waals surface area (Å²) >= 11 is 0. The van der Waals surface area contributed by atoms with Crippen LogP contribution in [0.5, 0.6) is 0 Å². The van der Waals surface area contributed by atoms with Crippen LogP contribution in [0.4, 0.5) is 0 Å². The van der Waals surface area contributed by atoms with Crippen molar-refractivity contribution in [3.05, 3.63) is 29.3 Å². The van der Waals surface area contributed by atoms with Crippen LogP contribution in [0, 0.1) is 0 Å². The van der Waals surface area contributed by atoms with Crippen LogP contribution in [0.3, 0.4) is 0 Å². The number of nitrogens with zero attached hydrogens (tertiary/aromatic N) is 1. The molecule has 27 heavy (non-hydrogen) atoms. The summed E-state index contributed by atoms with van der Waals surface area (Å²) in [4.78, 5) is 2.32. The molecule has 0 saturated carbocycles. The largest absolute Gasteiger partial charge is 0.312 e. The molecule has 1 aromatic rings. The van der Waals surface area contributed by atoms with E-state index in [9.17, 15) is 16.8 Å². The lowest BCUT2D eigenvalue weighted by molar-refractivity contribution is 0.388. The summed E-state index contributed by atoms with van der Waals surface area (Å²) in [5.74, 6) is -0.401. The summed E-state index contributed by atoms with van der Waals surface area (Å²) in [6, 6.07) is 4.80. The predicted octanol–water partition coefficient (Wildman–Crippen LogP) is 1.05. The lowest BCUT2D eigenvalue weighted by Gasteiger charge is -2.22. The smallest absolute Gasteiger partial charge is 0.183 e. The second-order valence-corrected chi connectivity index (χ2v) is 12.3. The highest BCUT2D eigenvalue weighted by molar-refractivity contribution is 7.96. The first-order valence-corrected chi connectivity index (χ1v) is 13.0. The Bertz CT molecular complexity index is 879. The number of aryl methyl sites for hydroxylation is 2. The van der Waals surface area contributed by atoms with E-state index in [-0.39, 0.29) is 16.4 Å². The first-order chi connectivity index (χ1) is 12.7. The zero-order valence-corrected chi connectivity index (χ0v) is 17.8. The van der Waals surface area contributed by atoms with E-state index < -0.39 is 31.0 Å². The van der Waals surface area contributed by atoms with Crippen molar-refractivity contribution >= 4 is 19.7 Å². The van der Waals surface area contributed by atoms with Crippen LogP contribution < -0.4 is 5.32 Å². The first-order valence-electron chi connectivity index (χ1n) is 9.63. The van der Waals surface area contributed by atoms with Crippen LogP contribution in [-0.4, -0.2) is 71.7 Å². The Morgan fingerprint density at radius 3 is 2.52 bits per heavy atom. The average Bonchev–Trinajstić information content (AvgIpc) is 2.93. The van der Waals surface area contributed by atoms with Crippen molar-refractivity contribution in [2.75, 3.05) is 38.7 Å². The molecule has 2 aliphatic rings. The van der Waals surface area contributed by atoms with Crippen molar-refractivity contribution < 1.29 is 16.8 Å². The molecule has 1 aliphatic heterocycles. The van der Waals surface area contributed by atoms with E-state index in [0.717, 1.165) is 44.2 Å². The van der Waals surface area contributed by atoms with Crippen molar-refractivity contribution in [2.45, 2.75) is 48.3 Å². The fourth-order valence-corrected chi connectivity index (χ4v) is 8.82. The Balaban J connectivity index is 1.80. The maximum absolute atomic E-state index is 13.2. The van der Waals surface area contributed by atoms with Crippen LogP contribution in [0.25, 0.3) is 0 Å². The van der Waals surface area contributed by atoms with E-state index in [1.165, 1.54) is 5.56 Å². The Labute approximate surface area is 163 Å². The quantitative estimate of drug-likeness (QED) is 0.672. The first kappa shape index (κ1) is 20.8. The van der Waals surface area contributed by atoms with E-state index in [0.29, 0.717) is 6.54 Å². The highest BCUT2D eigenvalue weighted by Gasteiger charge is 2.45. The van der Waals surface area contributed by atoms with Crippen LogP contribution >= 0.6 is 0 Å². The summed E-state index contributed by atoms with van der Waals surface area (Å²) in [5, 5.41) is 2.28. The van der Waals surface area contributed by atoms with Gasteiger partial charge in [-0.3, -0.25) is 0 Å². The molecule has 0 aromatic heterocycles. The maximum Gasteiger partial charge on any atom is 0.183 e. The van der Waals surface area contributed by atoms with E-state index in [1.54, 1.807) is 12.1 Å². The molecule has 6 nitrogen and oxygen atoms in total. The molecule has 0 amide bonds. The fraction of sp³-hybridized carbons (Fsp3) is 0.684. The minimum Gasteiger partial charge on any atom is -0.312 e. The lowest BCUT2D eigenvalue weighted by atomic mass is 9.92. The highest BCUT2D eigenvalue weighted by atomic mass is 32.2. The van der Waals surface area contributed by atoms with E-state index in [1.807, 2.05) is 20.2 Å². The van der Waals surface area contributed by atoms with Crippen LogP contribution in [0.15, 0.2) is 23.1 Å². The summed E-state index contributed by atoms with van der Waals surface area (Å²) in [5.41, 5.74) is 2.32. The Kier molecular flexibility index (Phi) is 6.30. The van der Waals surface area contributed by atoms with Crippen LogP contribution in [0.1, 0.15) is 30.4 Å². The molecule has 2 atom stereocenters. The van der Waals surface area contributed by atoms with Gasteiger partial charge in [0.1, 0.15) is 0 Å². The monoisotopic (exact) mass is 414 g/mol. The molecular formula is C19H30N2O4S2. The van der Waals surface area contributed by atoms with Crippen LogP contribution in [-0.2, 0) is 32.5 Å². The number of rotatable bonds is 7. The maximum atomic E-state index is 13.2. The molecule has 0 radical (unpaired) electrons. The van der Waals surface area contributed by atoms with Gasteiger partial charge in [-0.25, -0.2) is 16.8 Å². The summed E-state index contributed by atoms with van der Waals surface area (Å²) < 4.78 is 50.9. The average molecular weight is 415 g/mol. The third-order valence-electron chi connectivity index (χ3n) is 5.54. The van der Waals surface area contributed by atoms with Crippen molar-refractivity contribution in [1.82, 2.24) is 10.2 Å². The van der Waals surface area contributed by atoms with E-state index in [4.69, 9.17) is 0 Å². The number of hydrogen-bond acceptors (Lipinski definition) is 6. The van der Waals surface area contributed by atoms with Crippen LogP contribution in [0.2, 0.25) is 0 Å². The molecule has 8 heteroatoms. The van der Waals surface area contributed by atoms with Gasteiger partial charge in [-0.15, -0.1) is 0 Å². The van der Waals surface area contributed by atoms with Gasteiger partial charge in [-0.2, -0.15) is 0 Å². The SMILES string of the molecule is CN(C)CCCN[C@H]1CS(=O)(=O)C[C@@H]1S(=O)(=O)c1ccc2c(c1)CCCC2. The molecular weight excluding hydrogens is 384 g/mol. The molecule has 1 heterocycles. The molecule has 152 valence electrons.